The smallest absolute Gasteiger partial charge is 0.0661 e. The number of rotatable bonds is 2. The van der Waals surface area contributed by atoms with Gasteiger partial charge in [-0.25, -0.2) is 0 Å². The van der Waals surface area contributed by atoms with E-state index in [0.29, 0.717) is 0 Å². The molecule has 6 aromatic carbocycles. The lowest BCUT2D eigenvalue weighted by atomic mass is 9.68. The second kappa shape index (κ2) is 7.94. The molecule has 2 aliphatic rings. The van der Waals surface area contributed by atoms with Crippen LogP contribution >= 0.6 is 0 Å². The largest absolute Gasteiger partial charge is 0.333 e. The summed E-state index contributed by atoms with van der Waals surface area (Å²) in [6.07, 6.45) is 4.74. The van der Waals surface area contributed by atoms with E-state index in [2.05, 4.69) is 151 Å². The second-order valence-corrected chi connectivity index (χ2v) is 10.8. The Morgan fingerprint density at radius 1 is 0.579 bits per heavy atom. The van der Waals surface area contributed by atoms with Crippen molar-refractivity contribution >= 4 is 39.0 Å². The fourth-order valence-corrected chi connectivity index (χ4v) is 6.90. The third kappa shape index (κ3) is 2.93. The van der Waals surface area contributed by atoms with Gasteiger partial charge in [-0.1, -0.05) is 109 Å². The van der Waals surface area contributed by atoms with E-state index in [1.165, 1.54) is 60.7 Å². The molecule has 0 N–H and O–H groups in total. The number of anilines is 2. The molecule has 0 bridgehead atoms. The Kier molecular flexibility index (Phi) is 4.48. The van der Waals surface area contributed by atoms with Gasteiger partial charge in [0.2, 0.25) is 0 Å². The van der Waals surface area contributed by atoms with Crippen molar-refractivity contribution in [3.8, 4) is 11.1 Å². The van der Waals surface area contributed by atoms with Crippen LogP contribution in [0, 0.1) is 0 Å². The Hall–Kier alpha value is -4.62. The highest BCUT2D eigenvalue weighted by Gasteiger charge is 2.50. The first kappa shape index (κ1) is 21.5. The number of para-hydroxylation sites is 2. The summed E-state index contributed by atoms with van der Waals surface area (Å²) in [7, 11) is 0. The van der Waals surface area contributed by atoms with Gasteiger partial charge in [-0.2, -0.15) is 0 Å². The molecule has 1 heterocycles. The summed E-state index contributed by atoms with van der Waals surface area (Å²) in [4.78, 5) is 2.51. The minimum Gasteiger partial charge on any atom is -0.333 e. The number of fused-ring (bicyclic) bond motifs is 8. The van der Waals surface area contributed by atoms with Crippen LogP contribution in [0.5, 0.6) is 0 Å². The molecule has 0 radical (unpaired) electrons. The monoisotopic (exact) mass is 485 g/mol. The van der Waals surface area contributed by atoms with Gasteiger partial charge in [0.1, 0.15) is 0 Å². The predicted molar refractivity (Wildman–Crippen MR) is 161 cm³/mol. The van der Waals surface area contributed by atoms with Crippen molar-refractivity contribution in [1.82, 2.24) is 0 Å². The minimum atomic E-state index is -0.128. The topological polar surface area (TPSA) is 3.24 Å². The summed E-state index contributed by atoms with van der Waals surface area (Å²) in [5.41, 5.74) is 9.03. The Bertz CT molecular complexity index is 1900. The molecule has 180 valence electrons. The van der Waals surface area contributed by atoms with Crippen LogP contribution in [-0.2, 0) is 5.41 Å². The van der Waals surface area contributed by atoms with Crippen molar-refractivity contribution in [2.45, 2.75) is 18.4 Å². The van der Waals surface area contributed by atoms with Gasteiger partial charge in [0, 0.05) is 16.8 Å². The van der Waals surface area contributed by atoms with Crippen LogP contribution in [0.15, 0.2) is 133 Å². The van der Waals surface area contributed by atoms with Gasteiger partial charge in [-0.15, -0.1) is 0 Å². The Labute approximate surface area is 223 Å². The zero-order valence-corrected chi connectivity index (χ0v) is 21.3. The highest BCUT2D eigenvalue weighted by atomic mass is 15.2. The summed E-state index contributed by atoms with van der Waals surface area (Å²) < 4.78 is 0. The van der Waals surface area contributed by atoms with Gasteiger partial charge < -0.3 is 4.90 Å². The zero-order chi connectivity index (χ0) is 25.3. The van der Waals surface area contributed by atoms with E-state index in [-0.39, 0.29) is 11.5 Å². The molecule has 38 heavy (non-hydrogen) atoms. The van der Waals surface area contributed by atoms with Crippen molar-refractivity contribution in [3.05, 3.63) is 150 Å². The maximum Gasteiger partial charge on any atom is 0.0661 e. The molecule has 0 spiro atoms. The summed E-state index contributed by atoms with van der Waals surface area (Å²) in [6.45, 7) is 2.42. The fraction of sp³-hybridized carbons (Fsp3) is 0.0811. The summed E-state index contributed by atoms with van der Waals surface area (Å²) in [6, 6.07) is 47.0. The van der Waals surface area contributed by atoms with E-state index in [4.69, 9.17) is 0 Å². The summed E-state index contributed by atoms with van der Waals surface area (Å²) in [5.74, 6) is 0. The minimum absolute atomic E-state index is 0.128. The lowest BCUT2D eigenvalue weighted by Crippen LogP contribution is -2.42. The molecule has 1 aliphatic carbocycles. The van der Waals surface area contributed by atoms with Crippen molar-refractivity contribution in [1.29, 1.82) is 0 Å². The Morgan fingerprint density at radius 2 is 1.29 bits per heavy atom. The SMILES string of the molecule is CC12c3ccc(-c4ccc5c(ccc6ccccc65)c4)cc3C=CC1N(c1ccccc1)c1ccccc12. The van der Waals surface area contributed by atoms with Gasteiger partial charge in [0.15, 0.2) is 0 Å². The third-order valence-corrected chi connectivity index (χ3v) is 8.77. The van der Waals surface area contributed by atoms with E-state index in [9.17, 15) is 0 Å². The van der Waals surface area contributed by atoms with Gasteiger partial charge in [-0.05, 0) is 86.6 Å². The molecule has 0 saturated carbocycles. The van der Waals surface area contributed by atoms with E-state index in [0.717, 1.165) is 0 Å². The molecule has 1 nitrogen and oxygen atoms in total. The molecule has 1 heteroatoms. The van der Waals surface area contributed by atoms with Gasteiger partial charge in [0.05, 0.1) is 6.04 Å². The molecule has 0 saturated heterocycles. The van der Waals surface area contributed by atoms with Crippen LogP contribution in [0.4, 0.5) is 11.4 Å². The molecule has 0 aromatic heterocycles. The first-order valence-corrected chi connectivity index (χ1v) is 13.4. The van der Waals surface area contributed by atoms with Crippen LogP contribution in [0.3, 0.4) is 0 Å². The quantitative estimate of drug-likeness (QED) is 0.221. The Balaban J connectivity index is 1.26. The van der Waals surface area contributed by atoms with E-state index in [1.807, 2.05) is 0 Å². The maximum absolute atomic E-state index is 2.51. The van der Waals surface area contributed by atoms with Crippen LogP contribution in [0.25, 0.3) is 38.7 Å². The van der Waals surface area contributed by atoms with Crippen LogP contribution in [-0.4, -0.2) is 6.04 Å². The average molecular weight is 486 g/mol. The number of nitrogens with zero attached hydrogens (tertiary/aromatic N) is 1. The summed E-state index contributed by atoms with van der Waals surface area (Å²) in [5, 5.41) is 5.19. The zero-order valence-electron chi connectivity index (χ0n) is 21.3. The molecule has 6 aromatic rings. The van der Waals surface area contributed by atoms with E-state index >= 15 is 0 Å². The molecule has 1 aliphatic heterocycles. The van der Waals surface area contributed by atoms with Crippen LogP contribution < -0.4 is 4.90 Å². The lowest BCUT2D eigenvalue weighted by molar-refractivity contribution is 0.530. The molecular formula is C37H27N. The third-order valence-electron chi connectivity index (χ3n) is 8.77. The standard InChI is InChI=1S/C37H27N/c1-37-33-21-18-27(26-17-20-32-28(23-26)16-15-25-9-5-6-12-31(25)32)24-29(33)19-22-36(37)38(30-10-3-2-4-11-30)35-14-8-7-13-34(35)37/h2-24,36H,1H3. The number of hydrogen-bond donors (Lipinski definition) is 0. The predicted octanol–water partition coefficient (Wildman–Crippen LogP) is 9.51. The highest BCUT2D eigenvalue weighted by molar-refractivity contribution is 6.08. The van der Waals surface area contributed by atoms with Crippen molar-refractivity contribution in [3.63, 3.8) is 0 Å². The second-order valence-electron chi connectivity index (χ2n) is 10.8. The molecule has 2 unspecified atom stereocenters. The van der Waals surface area contributed by atoms with E-state index < -0.39 is 0 Å². The molecule has 0 amide bonds. The normalized spacial score (nSPS) is 19.4. The van der Waals surface area contributed by atoms with Crippen LogP contribution in [0.2, 0.25) is 0 Å². The fourth-order valence-electron chi connectivity index (χ4n) is 6.90. The summed E-state index contributed by atoms with van der Waals surface area (Å²) >= 11 is 0. The molecule has 8 rings (SSSR count). The van der Waals surface area contributed by atoms with Gasteiger partial charge >= 0.3 is 0 Å². The molecule has 0 fully saturated rings. The molecular weight excluding hydrogens is 458 g/mol. The van der Waals surface area contributed by atoms with Gasteiger partial charge in [0.25, 0.3) is 0 Å². The van der Waals surface area contributed by atoms with Crippen molar-refractivity contribution < 1.29 is 0 Å². The lowest BCUT2D eigenvalue weighted by Gasteiger charge is -2.39. The first-order valence-electron chi connectivity index (χ1n) is 13.4. The number of hydrogen-bond acceptors (Lipinski definition) is 1. The van der Waals surface area contributed by atoms with Crippen molar-refractivity contribution in [2.24, 2.45) is 0 Å². The first-order chi connectivity index (χ1) is 18.7. The number of benzene rings is 6. The van der Waals surface area contributed by atoms with Crippen LogP contribution in [0.1, 0.15) is 23.6 Å². The van der Waals surface area contributed by atoms with Crippen molar-refractivity contribution in [2.75, 3.05) is 4.90 Å². The van der Waals surface area contributed by atoms with E-state index in [1.54, 1.807) is 0 Å². The molecule has 2 atom stereocenters. The van der Waals surface area contributed by atoms with Gasteiger partial charge in [-0.3, -0.25) is 0 Å². The maximum atomic E-state index is 2.51. The highest BCUT2D eigenvalue weighted by Crippen LogP contribution is 2.55. The average Bonchev–Trinajstić information content (AvgIpc) is 3.26. The Morgan fingerprint density at radius 3 is 2.21 bits per heavy atom.